The van der Waals surface area contributed by atoms with Gasteiger partial charge in [-0.3, -0.25) is 9.80 Å². The Morgan fingerprint density at radius 3 is 2.07 bits per heavy atom. The largest absolute Gasteiger partial charge is 0.632 e. The second kappa shape index (κ2) is 4.00. The molecule has 0 radical (unpaired) electrons. The summed E-state index contributed by atoms with van der Waals surface area (Å²) in [6.07, 6.45) is 0. The number of nitrogens with zero attached hydrogens (tertiary/aromatic N) is 3. The summed E-state index contributed by atoms with van der Waals surface area (Å²) in [7, 11) is 10.1. The minimum Gasteiger partial charge on any atom is -0.632 e. The molecular weight excluding hydrogens is 201 g/mol. The lowest BCUT2D eigenvalue weighted by molar-refractivity contribution is -0.777. The molecule has 0 aromatic heterocycles. The van der Waals surface area contributed by atoms with Gasteiger partial charge in [0.1, 0.15) is 19.7 Å². The predicted molar refractivity (Wildman–Crippen MR) is 59.1 cm³/mol. The fourth-order valence-corrected chi connectivity index (χ4v) is 2.12. The van der Waals surface area contributed by atoms with Gasteiger partial charge in [0.15, 0.2) is 0 Å². The van der Waals surface area contributed by atoms with E-state index in [4.69, 9.17) is 4.74 Å². The van der Waals surface area contributed by atoms with Gasteiger partial charge in [-0.2, -0.15) is 0 Å². The standard InChI is InChI=1S/C8H20N3O2P/c1-9(2)8(10(3)4)7-11(12,14)5-6-13-8/h5-7,14H2,1-4H3. The van der Waals surface area contributed by atoms with Crippen LogP contribution in [0.15, 0.2) is 0 Å². The molecule has 0 bridgehead atoms. The summed E-state index contributed by atoms with van der Waals surface area (Å²) in [6.45, 7) is 1.38. The van der Waals surface area contributed by atoms with Crippen molar-refractivity contribution in [3.63, 3.8) is 0 Å². The van der Waals surface area contributed by atoms with Crippen LogP contribution in [0.2, 0.25) is 0 Å². The van der Waals surface area contributed by atoms with E-state index in [2.05, 4.69) is 9.39 Å². The van der Waals surface area contributed by atoms with Crippen molar-refractivity contribution in [1.82, 2.24) is 9.80 Å². The highest BCUT2D eigenvalue weighted by molar-refractivity contribution is 7.09. The monoisotopic (exact) mass is 221 g/mol. The van der Waals surface area contributed by atoms with Gasteiger partial charge in [-0.1, -0.05) is 0 Å². The summed E-state index contributed by atoms with van der Waals surface area (Å²) < 4.78 is 5.42. The fraction of sp³-hybridized carbons (Fsp3) is 1.00. The van der Waals surface area contributed by atoms with E-state index in [0.717, 1.165) is 0 Å². The third kappa shape index (κ3) is 2.24. The number of quaternary nitrogens is 1. The molecule has 84 valence electrons. The number of hydroxylamine groups is 2. The van der Waals surface area contributed by atoms with Gasteiger partial charge in [0.25, 0.3) is 0 Å². The number of rotatable bonds is 2. The number of likely N-dealkylation sites (N-methyl/N-ethyl adjacent to an activating group) is 2. The van der Waals surface area contributed by atoms with Crippen molar-refractivity contribution >= 4 is 9.39 Å². The molecule has 1 fully saturated rings. The Morgan fingerprint density at radius 2 is 1.79 bits per heavy atom. The van der Waals surface area contributed by atoms with E-state index in [-0.39, 0.29) is 4.42 Å². The first-order valence-electron chi connectivity index (χ1n) is 4.66. The van der Waals surface area contributed by atoms with Crippen molar-refractivity contribution in [3.05, 3.63) is 5.21 Å². The molecule has 0 N–H and O–H groups in total. The Kier molecular flexibility index (Phi) is 3.52. The Morgan fingerprint density at radius 1 is 1.29 bits per heavy atom. The average molecular weight is 221 g/mol. The van der Waals surface area contributed by atoms with Crippen molar-refractivity contribution in [3.8, 4) is 0 Å². The molecule has 0 spiro atoms. The quantitative estimate of drug-likeness (QED) is 0.371. The van der Waals surface area contributed by atoms with Crippen molar-refractivity contribution in [2.24, 2.45) is 0 Å². The predicted octanol–water partition coefficient (Wildman–Crippen LogP) is -0.102. The molecule has 1 saturated heterocycles. The maximum absolute atomic E-state index is 11.9. The van der Waals surface area contributed by atoms with Crippen molar-refractivity contribution < 1.29 is 9.15 Å². The van der Waals surface area contributed by atoms with Crippen molar-refractivity contribution in [2.75, 3.05) is 47.9 Å². The van der Waals surface area contributed by atoms with Gasteiger partial charge in [0.05, 0.1) is 9.39 Å². The van der Waals surface area contributed by atoms with Crippen LogP contribution >= 0.6 is 9.39 Å². The lowest BCUT2D eigenvalue weighted by Gasteiger charge is -2.54. The molecule has 1 aliphatic heterocycles. The maximum Gasteiger partial charge on any atom is 0.230 e. The highest BCUT2D eigenvalue weighted by Crippen LogP contribution is 2.29. The first kappa shape index (κ1) is 12.3. The topological polar surface area (TPSA) is 38.8 Å². The molecular formula is C8H20N3O2P. The summed E-state index contributed by atoms with van der Waals surface area (Å²) in [5, 5.41) is 11.9. The van der Waals surface area contributed by atoms with Crippen LogP contribution in [0.4, 0.5) is 0 Å². The molecule has 0 amide bonds. The van der Waals surface area contributed by atoms with E-state index in [1.165, 1.54) is 0 Å². The lowest BCUT2D eigenvalue weighted by atomic mass is 10.3. The van der Waals surface area contributed by atoms with Gasteiger partial charge in [-0.05, 0) is 28.2 Å². The minimum absolute atomic E-state index is 0.323. The minimum atomic E-state index is -0.582. The molecule has 14 heavy (non-hydrogen) atoms. The molecule has 0 aromatic carbocycles. The van der Waals surface area contributed by atoms with Gasteiger partial charge in [-0.15, -0.1) is 0 Å². The van der Waals surface area contributed by atoms with E-state index in [0.29, 0.717) is 19.7 Å². The summed E-state index contributed by atoms with van der Waals surface area (Å²) >= 11 is 0. The van der Waals surface area contributed by atoms with E-state index < -0.39 is 5.85 Å². The maximum atomic E-state index is 11.9. The fourth-order valence-electron chi connectivity index (χ4n) is 1.78. The van der Waals surface area contributed by atoms with Gasteiger partial charge in [-0.25, -0.2) is 0 Å². The van der Waals surface area contributed by atoms with Crippen LogP contribution in [-0.4, -0.2) is 68.0 Å². The summed E-state index contributed by atoms with van der Waals surface area (Å²) in [5.41, 5.74) is 0. The highest BCUT2D eigenvalue weighted by Gasteiger charge is 2.45. The first-order chi connectivity index (χ1) is 6.30. The molecule has 2 atom stereocenters. The van der Waals surface area contributed by atoms with Crippen LogP contribution in [0, 0.1) is 5.21 Å². The number of hydrogen-bond acceptors (Lipinski definition) is 4. The molecule has 1 heterocycles. The zero-order chi connectivity index (χ0) is 11.0. The highest BCUT2D eigenvalue weighted by atomic mass is 31.0. The molecule has 0 aromatic rings. The third-order valence-electron chi connectivity index (χ3n) is 2.67. The SMILES string of the molecule is CN(C)C1(N(C)C)C[N+]([O-])(P)CCO1. The van der Waals surface area contributed by atoms with Gasteiger partial charge >= 0.3 is 0 Å². The average Bonchev–Trinajstić information content (AvgIpc) is 2.01. The number of hydrogen-bond donors (Lipinski definition) is 0. The Balaban J connectivity index is 2.88. The zero-order valence-corrected chi connectivity index (χ0v) is 10.5. The Bertz CT molecular complexity index is 201. The number of morpholine rings is 1. The van der Waals surface area contributed by atoms with Crippen molar-refractivity contribution in [1.29, 1.82) is 0 Å². The molecule has 6 heteroatoms. The van der Waals surface area contributed by atoms with Crippen LogP contribution in [0.5, 0.6) is 0 Å². The van der Waals surface area contributed by atoms with E-state index in [9.17, 15) is 5.21 Å². The second-order valence-electron chi connectivity index (χ2n) is 4.21. The lowest BCUT2D eigenvalue weighted by Crippen LogP contribution is -2.68. The van der Waals surface area contributed by atoms with Gasteiger partial charge < -0.3 is 14.4 Å². The van der Waals surface area contributed by atoms with Crippen LogP contribution in [0.1, 0.15) is 0 Å². The van der Waals surface area contributed by atoms with Crippen LogP contribution in [-0.2, 0) is 4.74 Å². The summed E-state index contributed by atoms with van der Waals surface area (Å²) in [5.74, 6) is -0.582. The Labute approximate surface area is 88.0 Å². The van der Waals surface area contributed by atoms with E-state index >= 15 is 0 Å². The van der Waals surface area contributed by atoms with Crippen LogP contribution < -0.4 is 0 Å². The van der Waals surface area contributed by atoms with E-state index in [1.54, 1.807) is 0 Å². The Hall–Kier alpha value is 0.230. The third-order valence-corrected chi connectivity index (χ3v) is 3.11. The normalized spacial score (nSPS) is 32.6. The molecule has 0 saturated carbocycles. The molecule has 2 unspecified atom stereocenters. The molecule has 0 aliphatic carbocycles. The van der Waals surface area contributed by atoms with Crippen molar-refractivity contribution in [2.45, 2.75) is 5.85 Å². The van der Waals surface area contributed by atoms with Gasteiger partial charge in [0.2, 0.25) is 5.85 Å². The van der Waals surface area contributed by atoms with Gasteiger partial charge in [0, 0.05) is 0 Å². The molecule has 5 nitrogen and oxygen atoms in total. The van der Waals surface area contributed by atoms with Crippen LogP contribution in [0.25, 0.3) is 0 Å². The smallest absolute Gasteiger partial charge is 0.230 e. The van der Waals surface area contributed by atoms with E-state index in [1.807, 2.05) is 38.0 Å². The summed E-state index contributed by atoms with van der Waals surface area (Å²) in [6, 6.07) is 0. The summed E-state index contributed by atoms with van der Waals surface area (Å²) in [4.78, 5) is 3.89. The second-order valence-corrected chi connectivity index (χ2v) is 5.16. The first-order valence-corrected chi connectivity index (χ1v) is 5.17. The zero-order valence-electron chi connectivity index (χ0n) is 9.36. The van der Waals surface area contributed by atoms with Crippen LogP contribution in [0.3, 0.4) is 0 Å². The molecule has 1 rings (SSSR count). The number of ether oxygens (including phenoxy) is 1. The molecule has 1 aliphatic rings.